The van der Waals surface area contributed by atoms with Crippen molar-refractivity contribution in [3.8, 4) is 0 Å². The molecule has 0 radical (unpaired) electrons. The quantitative estimate of drug-likeness (QED) is 0.126. The van der Waals surface area contributed by atoms with Gasteiger partial charge in [-0.25, -0.2) is 0 Å². The molecule has 2 N–H and O–H groups in total. The monoisotopic (exact) mass is 434 g/mol. The first kappa shape index (κ1) is 28.6. The maximum atomic E-state index is 10.1. The third kappa shape index (κ3) is 22.9. The van der Waals surface area contributed by atoms with E-state index in [0.29, 0.717) is 0 Å². The van der Waals surface area contributed by atoms with E-state index in [9.17, 15) is 10.2 Å². The molecule has 0 amide bonds. The van der Waals surface area contributed by atoms with Gasteiger partial charge in [0.15, 0.2) is 0 Å². The van der Waals surface area contributed by atoms with Crippen molar-refractivity contribution in [1.82, 2.24) is 0 Å². The zero-order valence-corrected chi connectivity index (χ0v) is 20.6. The summed E-state index contributed by atoms with van der Waals surface area (Å²) in [5.41, 5.74) is 0. The molecule has 170 valence electrons. The van der Waals surface area contributed by atoms with Crippen LogP contribution in [0.4, 0.5) is 0 Å². The first-order valence-electron chi connectivity index (χ1n) is 12.3. The van der Waals surface area contributed by atoms with E-state index in [-0.39, 0.29) is 12.2 Å². The topological polar surface area (TPSA) is 40.5 Å². The maximum absolute atomic E-state index is 10.1. The van der Waals surface area contributed by atoms with Crippen LogP contribution in [0.25, 0.3) is 0 Å². The van der Waals surface area contributed by atoms with Gasteiger partial charge < -0.3 is 10.2 Å². The van der Waals surface area contributed by atoms with Gasteiger partial charge in [-0.2, -0.15) is 0 Å². The standard InChI is InChI=1S/C24H50O2S2/c1-3-5-7-9-11-13-15-17-19-23(25)21-27-28-22-24(26)20-18-16-14-12-10-8-6-4-2/h23-26H,3-22H2,1-2H3. The van der Waals surface area contributed by atoms with Crippen molar-refractivity contribution in [2.45, 2.75) is 142 Å². The lowest BCUT2D eigenvalue weighted by Gasteiger charge is -2.12. The molecule has 2 atom stereocenters. The number of aliphatic hydroxyl groups excluding tert-OH is 2. The molecule has 28 heavy (non-hydrogen) atoms. The van der Waals surface area contributed by atoms with Gasteiger partial charge in [-0.3, -0.25) is 0 Å². The average molecular weight is 435 g/mol. The summed E-state index contributed by atoms with van der Waals surface area (Å²) in [7, 11) is 3.46. The smallest absolute Gasteiger partial charge is 0.0639 e. The molecule has 0 aliphatic rings. The average Bonchev–Trinajstić information content (AvgIpc) is 2.69. The predicted molar refractivity (Wildman–Crippen MR) is 131 cm³/mol. The number of hydrogen-bond donors (Lipinski definition) is 2. The van der Waals surface area contributed by atoms with E-state index >= 15 is 0 Å². The minimum Gasteiger partial charge on any atom is -0.392 e. The van der Waals surface area contributed by atoms with Crippen molar-refractivity contribution < 1.29 is 10.2 Å². The van der Waals surface area contributed by atoms with Gasteiger partial charge in [-0.1, -0.05) is 138 Å². The normalized spacial score (nSPS) is 13.7. The molecular formula is C24H50O2S2. The van der Waals surface area contributed by atoms with E-state index in [2.05, 4.69) is 13.8 Å². The fraction of sp³-hybridized carbons (Fsp3) is 1.00. The lowest BCUT2D eigenvalue weighted by molar-refractivity contribution is 0.184. The molecule has 0 aromatic heterocycles. The van der Waals surface area contributed by atoms with Gasteiger partial charge in [0.05, 0.1) is 12.2 Å². The van der Waals surface area contributed by atoms with Crippen LogP contribution < -0.4 is 0 Å². The Morgan fingerprint density at radius 3 is 1.07 bits per heavy atom. The second-order valence-corrected chi connectivity index (χ2v) is 11.0. The second-order valence-electron chi connectivity index (χ2n) is 8.40. The molecule has 0 fully saturated rings. The van der Waals surface area contributed by atoms with Crippen molar-refractivity contribution in [1.29, 1.82) is 0 Å². The Morgan fingerprint density at radius 1 is 0.464 bits per heavy atom. The molecule has 4 heteroatoms. The van der Waals surface area contributed by atoms with Crippen LogP contribution in [0.15, 0.2) is 0 Å². The summed E-state index contributed by atoms with van der Waals surface area (Å²) in [5.74, 6) is 1.59. The van der Waals surface area contributed by atoms with Crippen LogP contribution >= 0.6 is 21.6 Å². The Bertz CT molecular complexity index is 262. The van der Waals surface area contributed by atoms with Gasteiger partial charge >= 0.3 is 0 Å². The Balaban J connectivity index is 3.28. The minimum absolute atomic E-state index is 0.178. The largest absolute Gasteiger partial charge is 0.392 e. The third-order valence-corrected chi connectivity index (χ3v) is 7.91. The fourth-order valence-electron chi connectivity index (χ4n) is 3.45. The van der Waals surface area contributed by atoms with Gasteiger partial charge in [0.2, 0.25) is 0 Å². The zero-order chi connectivity index (χ0) is 20.7. The highest BCUT2D eigenvalue weighted by atomic mass is 33.1. The molecule has 0 aromatic carbocycles. The van der Waals surface area contributed by atoms with Crippen LogP contribution in [-0.4, -0.2) is 33.9 Å². The molecule has 2 nitrogen and oxygen atoms in total. The lowest BCUT2D eigenvalue weighted by atomic mass is 10.1. The molecule has 0 saturated carbocycles. The maximum Gasteiger partial charge on any atom is 0.0639 e. The minimum atomic E-state index is -0.178. The van der Waals surface area contributed by atoms with Crippen molar-refractivity contribution in [2.75, 3.05) is 11.5 Å². The Labute approximate surface area is 184 Å². The van der Waals surface area contributed by atoms with Gasteiger partial charge in [0.25, 0.3) is 0 Å². The summed E-state index contributed by atoms with van der Waals surface area (Å²) in [5, 5.41) is 20.1. The van der Waals surface area contributed by atoms with E-state index < -0.39 is 0 Å². The van der Waals surface area contributed by atoms with Crippen molar-refractivity contribution in [2.24, 2.45) is 0 Å². The van der Waals surface area contributed by atoms with Crippen molar-refractivity contribution >= 4 is 21.6 Å². The fourth-order valence-corrected chi connectivity index (χ4v) is 5.81. The molecule has 0 saturated heterocycles. The SMILES string of the molecule is CCCCCCCCCCC(O)CSSCC(O)CCCCCCCCCC. The number of rotatable bonds is 23. The molecule has 0 aliphatic heterocycles. The van der Waals surface area contributed by atoms with Crippen LogP contribution in [-0.2, 0) is 0 Å². The van der Waals surface area contributed by atoms with Crippen LogP contribution in [0.5, 0.6) is 0 Å². The van der Waals surface area contributed by atoms with E-state index in [1.807, 2.05) is 0 Å². The van der Waals surface area contributed by atoms with Crippen LogP contribution in [0.3, 0.4) is 0 Å². The third-order valence-electron chi connectivity index (χ3n) is 5.39. The highest BCUT2D eigenvalue weighted by Crippen LogP contribution is 2.25. The summed E-state index contributed by atoms with van der Waals surface area (Å²) in [6.45, 7) is 4.52. The van der Waals surface area contributed by atoms with E-state index in [1.165, 1.54) is 89.9 Å². The zero-order valence-electron chi connectivity index (χ0n) is 19.0. The van der Waals surface area contributed by atoms with Crippen LogP contribution in [0.2, 0.25) is 0 Å². The Kier molecular flexibility index (Phi) is 24.4. The second kappa shape index (κ2) is 23.9. The highest BCUT2D eigenvalue weighted by Gasteiger charge is 2.07. The van der Waals surface area contributed by atoms with Crippen LogP contribution in [0.1, 0.15) is 129 Å². The van der Waals surface area contributed by atoms with Gasteiger partial charge in [-0.15, -0.1) is 0 Å². The van der Waals surface area contributed by atoms with Crippen LogP contribution in [0, 0.1) is 0 Å². The highest BCUT2D eigenvalue weighted by molar-refractivity contribution is 8.76. The Hall–Kier alpha value is 0.620. The number of unbranched alkanes of at least 4 members (excludes halogenated alkanes) is 14. The van der Waals surface area contributed by atoms with E-state index in [4.69, 9.17) is 0 Å². The molecule has 0 bridgehead atoms. The van der Waals surface area contributed by atoms with E-state index in [1.54, 1.807) is 21.6 Å². The summed E-state index contributed by atoms with van der Waals surface area (Å²) >= 11 is 0. The summed E-state index contributed by atoms with van der Waals surface area (Å²) in [6.07, 6.45) is 22.6. The van der Waals surface area contributed by atoms with Crippen molar-refractivity contribution in [3.63, 3.8) is 0 Å². The van der Waals surface area contributed by atoms with E-state index in [0.717, 1.165) is 37.2 Å². The first-order chi connectivity index (χ1) is 13.7. The van der Waals surface area contributed by atoms with Gasteiger partial charge in [0, 0.05) is 11.5 Å². The molecule has 0 spiro atoms. The Morgan fingerprint density at radius 2 is 0.750 bits per heavy atom. The summed E-state index contributed by atoms with van der Waals surface area (Å²) < 4.78 is 0. The molecule has 0 rings (SSSR count). The molecule has 0 aliphatic carbocycles. The number of hydrogen-bond acceptors (Lipinski definition) is 4. The molecule has 2 unspecified atom stereocenters. The van der Waals surface area contributed by atoms with Gasteiger partial charge in [-0.05, 0) is 12.8 Å². The number of aliphatic hydroxyl groups is 2. The first-order valence-corrected chi connectivity index (χ1v) is 14.8. The van der Waals surface area contributed by atoms with Crippen molar-refractivity contribution in [3.05, 3.63) is 0 Å². The molecule has 0 heterocycles. The van der Waals surface area contributed by atoms with Gasteiger partial charge in [0.1, 0.15) is 0 Å². The molecular weight excluding hydrogens is 384 g/mol. The molecule has 0 aromatic rings. The summed E-state index contributed by atoms with van der Waals surface area (Å²) in [6, 6.07) is 0. The lowest BCUT2D eigenvalue weighted by Crippen LogP contribution is -2.11. The predicted octanol–water partition coefficient (Wildman–Crippen LogP) is 8.15. The summed E-state index contributed by atoms with van der Waals surface area (Å²) in [4.78, 5) is 0.